The van der Waals surface area contributed by atoms with Gasteiger partial charge in [-0.1, -0.05) is 53.9 Å². The molecule has 0 spiro atoms. The van der Waals surface area contributed by atoms with Crippen LogP contribution >= 0.6 is 23.2 Å². The lowest BCUT2D eigenvalue weighted by Gasteiger charge is -2.17. The number of rotatable bonds is 6. The van der Waals surface area contributed by atoms with Crippen molar-refractivity contribution in [1.29, 1.82) is 0 Å². The number of hydrogen-bond acceptors (Lipinski definition) is 2. The summed E-state index contributed by atoms with van der Waals surface area (Å²) in [6.45, 7) is 4.25. The van der Waals surface area contributed by atoms with Gasteiger partial charge in [-0.2, -0.15) is 0 Å². The van der Waals surface area contributed by atoms with Crippen molar-refractivity contribution < 1.29 is 9.53 Å². The molecule has 0 unspecified atom stereocenters. The first kappa shape index (κ1) is 17.6. The quantitative estimate of drug-likeness (QED) is 0.813. The molecule has 1 atom stereocenters. The van der Waals surface area contributed by atoms with Crippen molar-refractivity contribution >= 4 is 29.1 Å². The number of carbonyl (C=O) groups is 1. The molecule has 2 aromatic rings. The third kappa shape index (κ3) is 5.15. The molecule has 122 valence electrons. The molecule has 0 aliphatic rings. The molecule has 0 aliphatic carbocycles. The maximum absolute atomic E-state index is 12.3. The van der Waals surface area contributed by atoms with E-state index in [2.05, 4.69) is 5.32 Å². The summed E-state index contributed by atoms with van der Waals surface area (Å²) in [6, 6.07) is 12.8. The maximum atomic E-state index is 12.3. The highest BCUT2D eigenvalue weighted by atomic mass is 35.5. The summed E-state index contributed by atoms with van der Waals surface area (Å²) in [5.41, 5.74) is 1.96. The Labute approximate surface area is 146 Å². The number of nitrogens with one attached hydrogen (secondary N) is 1. The van der Waals surface area contributed by atoms with Gasteiger partial charge in [-0.15, -0.1) is 0 Å². The molecule has 1 amide bonds. The van der Waals surface area contributed by atoms with Crippen molar-refractivity contribution in [3.05, 3.63) is 63.6 Å². The highest BCUT2D eigenvalue weighted by molar-refractivity contribution is 6.35. The number of hydrogen-bond donors (Lipinski definition) is 1. The molecule has 3 nitrogen and oxygen atoms in total. The molecule has 5 heteroatoms. The number of benzene rings is 2. The Morgan fingerprint density at radius 2 is 1.87 bits per heavy atom. The zero-order valence-corrected chi connectivity index (χ0v) is 14.6. The van der Waals surface area contributed by atoms with E-state index in [4.69, 9.17) is 27.9 Å². The topological polar surface area (TPSA) is 38.3 Å². The fraction of sp³-hybridized carbons (Fsp3) is 0.278. The SMILES string of the molecule is CC[C@@H](Oc1ccc(C)cc1)C(=O)NCc1ccc(Cl)cc1Cl. The largest absolute Gasteiger partial charge is 0.481 e. The third-order valence-corrected chi connectivity index (χ3v) is 4.02. The molecule has 0 saturated heterocycles. The van der Waals surface area contributed by atoms with Crippen LogP contribution < -0.4 is 10.1 Å². The third-order valence-electron chi connectivity index (χ3n) is 3.43. The monoisotopic (exact) mass is 351 g/mol. The molecular weight excluding hydrogens is 333 g/mol. The first-order valence-corrected chi connectivity index (χ1v) is 8.20. The van der Waals surface area contributed by atoms with Gasteiger partial charge in [-0.3, -0.25) is 4.79 Å². The summed E-state index contributed by atoms with van der Waals surface area (Å²) in [5.74, 6) is 0.515. The minimum absolute atomic E-state index is 0.168. The van der Waals surface area contributed by atoms with Crippen LogP contribution in [0.3, 0.4) is 0 Å². The van der Waals surface area contributed by atoms with E-state index >= 15 is 0 Å². The van der Waals surface area contributed by atoms with Crippen molar-refractivity contribution in [3.8, 4) is 5.75 Å². The molecule has 0 saturated carbocycles. The van der Waals surface area contributed by atoms with Crippen LogP contribution in [0.15, 0.2) is 42.5 Å². The highest BCUT2D eigenvalue weighted by Crippen LogP contribution is 2.21. The van der Waals surface area contributed by atoms with Crippen LogP contribution in [-0.4, -0.2) is 12.0 Å². The van der Waals surface area contributed by atoms with Crippen molar-refractivity contribution in [2.75, 3.05) is 0 Å². The predicted molar refractivity (Wildman–Crippen MR) is 94.2 cm³/mol. The molecule has 1 N–H and O–H groups in total. The Balaban J connectivity index is 1.95. The lowest BCUT2D eigenvalue weighted by atomic mass is 10.2. The van der Waals surface area contributed by atoms with Crippen molar-refractivity contribution in [3.63, 3.8) is 0 Å². The average Bonchev–Trinajstić information content (AvgIpc) is 2.53. The van der Waals surface area contributed by atoms with Crippen LogP contribution in [0.4, 0.5) is 0 Å². The van der Waals surface area contributed by atoms with Crippen LogP contribution in [-0.2, 0) is 11.3 Å². The number of carbonyl (C=O) groups excluding carboxylic acids is 1. The Morgan fingerprint density at radius 3 is 2.48 bits per heavy atom. The van der Waals surface area contributed by atoms with Crippen LogP contribution in [0.2, 0.25) is 10.0 Å². The van der Waals surface area contributed by atoms with Gasteiger partial charge in [0, 0.05) is 16.6 Å². The minimum Gasteiger partial charge on any atom is -0.481 e. The molecule has 0 aliphatic heterocycles. The summed E-state index contributed by atoms with van der Waals surface area (Å²) in [5, 5.41) is 3.95. The zero-order chi connectivity index (χ0) is 16.8. The van der Waals surface area contributed by atoms with Gasteiger partial charge in [-0.25, -0.2) is 0 Å². The van der Waals surface area contributed by atoms with Gasteiger partial charge >= 0.3 is 0 Å². The zero-order valence-electron chi connectivity index (χ0n) is 13.1. The molecular formula is C18H19Cl2NO2. The molecule has 0 aromatic heterocycles. The number of amides is 1. The van der Waals surface area contributed by atoms with E-state index in [1.54, 1.807) is 18.2 Å². The summed E-state index contributed by atoms with van der Waals surface area (Å²) >= 11 is 12.0. The van der Waals surface area contributed by atoms with Crippen LogP contribution in [0.1, 0.15) is 24.5 Å². The van der Waals surface area contributed by atoms with Gasteiger partial charge in [0.1, 0.15) is 5.75 Å². The second kappa shape index (κ2) is 8.23. The smallest absolute Gasteiger partial charge is 0.261 e. The van der Waals surface area contributed by atoms with Crippen LogP contribution in [0.5, 0.6) is 5.75 Å². The Kier molecular flexibility index (Phi) is 6.31. The fourth-order valence-electron chi connectivity index (χ4n) is 2.06. The predicted octanol–water partition coefficient (Wildman–Crippen LogP) is 4.78. The van der Waals surface area contributed by atoms with Gasteiger partial charge in [-0.05, 0) is 43.2 Å². The normalized spacial score (nSPS) is 11.8. The van der Waals surface area contributed by atoms with Gasteiger partial charge in [0.25, 0.3) is 5.91 Å². The van der Waals surface area contributed by atoms with Crippen molar-refractivity contribution in [2.45, 2.75) is 32.9 Å². The van der Waals surface area contributed by atoms with E-state index in [1.165, 1.54) is 0 Å². The maximum Gasteiger partial charge on any atom is 0.261 e. The van der Waals surface area contributed by atoms with Crippen molar-refractivity contribution in [1.82, 2.24) is 5.32 Å². The van der Waals surface area contributed by atoms with Crippen LogP contribution in [0, 0.1) is 6.92 Å². The molecule has 23 heavy (non-hydrogen) atoms. The molecule has 2 aromatic carbocycles. The Morgan fingerprint density at radius 1 is 1.17 bits per heavy atom. The van der Waals surface area contributed by atoms with E-state index in [1.807, 2.05) is 38.1 Å². The standard InChI is InChI=1S/C18H19Cl2NO2/c1-3-17(23-15-8-4-12(2)5-9-15)18(22)21-11-13-6-7-14(19)10-16(13)20/h4-10,17H,3,11H2,1-2H3,(H,21,22)/t17-/m1/s1. The Bertz CT molecular complexity index is 671. The molecule has 0 heterocycles. The van der Waals surface area contributed by atoms with E-state index in [-0.39, 0.29) is 5.91 Å². The first-order chi connectivity index (χ1) is 11.0. The van der Waals surface area contributed by atoms with Gasteiger partial charge in [0.05, 0.1) is 0 Å². The lowest BCUT2D eigenvalue weighted by molar-refractivity contribution is -0.128. The summed E-state index contributed by atoms with van der Waals surface area (Å²) in [6.07, 6.45) is 0.0393. The average molecular weight is 352 g/mol. The van der Waals surface area contributed by atoms with E-state index in [0.717, 1.165) is 11.1 Å². The summed E-state index contributed by atoms with van der Waals surface area (Å²) in [4.78, 5) is 12.3. The highest BCUT2D eigenvalue weighted by Gasteiger charge is 2.18. The molecule has 0 radical (unpaired) electrons. The van der Waals surface area contributed by atoms with Crippen molar-refractivity contribution in [2.24, 2.45) is 0 Å². The molecule has 0 fully saturated rings. The van der Waals surface area contributed by atoms with E-state index in [9.17, 15) is 4.79 Å². The second-order valence-electron chi connectivity index (χ2n) is 5.28. The number of ether oxygens (including phenoxy) is 1. The second-order valence-corrected chi connectivity index (χ2v) is 6.12. The van der Waals surface area contributed by atoms with E-state index < -0.39 is 6.10 Å². The van der Waals surface area contributed by atoms with Gasteiger partial charge in [0.15, 0.2) is 6.10 Å². The molecule has 2 rings (SSSR count). The summed E-state index contributed by atoms with van der Waals surface area (Å²) in [7, 11) is 0. The van der Waals surface area contributed by atoms with Gasteiger partial charge in [0.2, 0.25) is 0 Å². The van der Waals surface area contributed by atoms with E-state index in [0.29, 0.717) is 28.8 Å². The van der Waals surface area contributed by atoms with Gasteiger partial charge < -0.3 is 10.1 Å². The number of halogens is 2. The van der Waals surface area contributed by atoms with Crippen LogP contribution in [0.25, 0.3) is 0 Å². The minimum atomic E-state index is -0.538. The number of aryl methyl sites for hydroxylation is 1. The molecule has 0 bridgehead atoms. The summed E-state index contributed by atoms with van der Waals surface area (Å²) < 4.78 is 5.75. The fourth-order valence-corrected chi connectivity index (χ4v) is 2.54. The lowest BCUT2D eigenvalue weighted by Crippen LogP contribution is -2.37. The Hall–Kier alpha value is -1.71. The first-order valence-electron chi connectivity index (χ1n) is 7.44.